The molecular formula is C30H23BrClN3O3. The van der Waals surface area contributed by atoms with Crippen molar-refractivity contribution >= 4 is 50.2 Å². The van der Waals surface area contributed by atoms with Gasteiger partial charge in [-0.2, -0.15) is 0 Å². The van der Waals surface area contributed by atoms with Crippen LogP contribution in [0.3, 0.4) is 0 Å². The summed E-state index contributed by atoms with van der Waals surface area (Å²) in [5, 5.41) is 5.24. The molecule has 6 nitrogen and oxygen atoms in total. The van der Waals surface area contributed by atoms with Gasteiger partial charge in [-0.05, 0) is 76.8 Å². The van der Waals surface area contributed by atoms with E-state index in [1.165, 1.54) is 6.20 Å². The van der Waals surface area contributed by atoms with Crippen LogP contribution in [-0.2, 0) is 4.74 Å². The number of hydrogen-bond acceptors (Lipinski definition) is 5. The lowest BCUT2D eigenvalue weighted by atomic mass is 9.81. The standard InChI is InChI=1S/C30H23BrClN3O3/c31-23-16-22(18-33-19-23)28(36)35-25-8-4-12-30(17-25,13-10-20-5-3-7-24(32)15-20)38-29(37)27-26-9-2-1-6-21(26)11-14-34-27/h1-3,5-7,9,11,14-16,18-19,25H,4,8,12,17H2,(H,35,36)/t25-,30+/m0/s1. The molecule has 2 aromatic carbocycles. The zero-order valence-electron chi connectivity index (χ0n) is 20.3. The Morgan fingerprint density at radius 3 is 2.82 bits per heavy atom. The number of nitrogens with one attached hydrogen (secondary N) is 1. The summed E-state index contributed by atoms with van der Waals surface area (Å²) in [5.41, 5.74) is 0.266. The van der Waals surface area contributed by atoms with Gasteiger partial charge in [0.1, 0.15) is 0 Å². The first-order chi connectivity index (χ1) is 18.4. The molecule has 0 unspecified atom stereocenters. The van der Waals surface area contributed by atoms with Crippen LogP contribution in [0.15, 0.2) is 83.7 Å². The number of esters is 1. The SMILES string of the molecule is O=C(N[C@H]1CCC[C@](C#Cc2cccc(Cl)c2)(OC(=O)c2nccc3ccccc23)C1)c1cncc(Br)c1. The van der Waals surface area contributed by atoms with E-state index in [-0.39, 0.29) is 17.6 Å². The smallest absolute Gasteiger partial charge is 0.359 e. The molecule has 2 atom stereocenters. The van der Waals surface area contributed by atoms with Gasteiger partial charge in [-0.1, -0.05) is 47.9 Å². The van der Waals surface area contributed by atoms with Crippen LogP contribution in [0.25, 0.3) is 10.8 Å². The van der Waals surface area contributed by atoms with Gasteiger partial charge in [-0.15, -0.1) is 0 Å². The second kappa shape index (κ2) is 11.3. The number of fused-ring (bicyclic) bond motifs is 1. The van der Waals surface area contributed by atoms with Crippen LogP contribution < -0.4 is 5.32 Å². The van der Waals surface area contributed by atoms with E-state index in [4.69, 9.17) is 16.3 Å². The maximum Gasteiger partial charge on any atom is 0.359 e. The second-order valence-corrected chi connectivity index (χ2v) is 10.5. The highest BCUT2D eigenvalue weighted by atomic mass is 79.9. The Hall–Kier alpha value is -3.73. The first kappa shape index (κ1) is 25.9. The molecule has 1 aliphatic carbocycles. The maximum atomic E-state index is 13.5. The van der Waals surface area contributed by atoms with E-state index >= 15 is 0 Å². The number of carbonyl (C=O) groups is 2. The molecule has 38 heavy (non-hydrogen) atoms. The van der Waals surface area contributed by atoms with Crippen molar-refractivity contribution in [2.45, 2.75) is 37.3 Å². The van der Waals surface area contributed by atoms with Gasteiger partial charge in [0.2, 0.25) is 0 Å². The largest absolute Gasteiger partial charge is 0.441 e. The fourth-order valence-corrected chi connectivity index (χ4v) is 5.21. The van der Waals surface area contributed by atoms with Crippen LogP contribution >= 0.6 is 27.5 Å². The van der Waals surface area contributed by atoms with E-state index in [2.05, 4.69) is 43.1 Å². The Bertz CT molecular complexity index is 1580. The van der Waals surface area contributed by atoms with Crippen LogP contribution in [0, 0.1) is 11.8 Å². The fraction of sp³-hybridized carbons (Fsp3) is 0.200. The number of hydrogen-bond donors (Lipinski definition) is 1. The number of amides is 1. The van der Waals surface area contributed by atoms with Crippen molar-refractivity contribution in [1.82, 2.24) is 15.3 Å². The Balaban J connectivity index is 1.45. The number of rotatable bonds is 4. The van der Waals surface area contributed by atoms with Gasteiger partial charge in [-0.3, -0.25) is 9.78 Å². The van der Waals surface area contributed by atoms with Crippen molar-refractivity contribution in [3.8, 4) is 11.8 Å². The monoisotopic (exact) mass is 587 g/mol. The predicted octanol–water partition coefficient (Wildman–Crippen LogP) is 6.37. The van der Waals surface area contributed by atoms with Crippen molar-refractivity contribution in [3.63, 3.8) is 0 Å². The molecule has 2 heterocycles. The Morgan fingerprint density at radius 1 is 1.11 bits per heavy atom. The molecule has 8 heteroatoms. The summed E-state index contributed by atoms with van der Waals surface area (Å²) >= 11 is 9.51. The van der Waals surface area contributed by atoms with Gasteiger partial charge in [0, 0.05) is 51.5 Å². The second-order valence-electron chi connectivity index (χ2n) is 9.18. The molecule has 2 aromatic heterocycles. The number of aromatic nitrogens is 2. The Labute approximate surface area is 233 Å². The minimum atomic E-state index is -1.12. The molecule has 0 radical (unpaired) electrons. The summed E-state index contributed by atoms with van der Waals surface area (Å²) in [6, 6.07) is 18.1. The third kappa shape index (κ3) is 6.04. The van der Waals surface area contributed by atoms with E-state index < -0.39 is 11.6 Å². The molecule has 0 aliphatic heterocycles. The first-order valence-corrected chi connectivity index (χ1v) is 13.4. The maximum absolute atomic E-state index is 13.5. The van der Waals surface area contributed by atoms with Gasteiger partial charge in [0.15, 0.2) is 11.3 Å². The molecule has 4 aromatic rings. The van der Waals surface area contributed by atoms with Gasteiger partial charge in [0.05, 0.1) is 5.56 Å². The number of nitrogens with zero attached hydrogens (tertiary/aromatic N) is 2. The molecule has 0 bridgehead atoms. The lowest BCUT2D eigenvalue weighted by Crippen LogP contribution is -2.47. The van der Waals surface area contributed by atoms with Crippen molar-refractivity contribution in [1.29, 1.82) is 0 Å². The topological polar surface area (TPSA) is 81.2 Å². The average molecular weight is 589 g/mol. The molecule has 0 saturated heterocycles. The minimum Gasteiger partial charge on any atom is -0.441 e. The lowest BCUT2D eigenvalue weighted by molar-refractivity contribution is -0.0120. The molecule has 1 fully saturated rings. The molecule has 1 N–H and O–H groups in total. The Kier molecular flexibility index (Phi) is 7.73. The molecule has 0 spiro atoms. The van der Waals surface area contributed by atoms with Crippen LogP contribution in [0.4, 0.5) is 0 Å². The van der Waals surface area contributed by atoms with E-state index in [1.807, 2.05) is 42.5 Å². The summed E-state index contributed by atoms with van der Waals surface area (Å²) < 4.78 is 6.90. The highest BCUT2D eigenvalue weighted by Gasteiger charge is 2.40. The predicted molar refractivity (Wildman–Crippen MR) is 150 cm³/mol. The zero-order chi connectivity index (χ0) is 26.5. The van der Waals surface area contributed by atoms with Gasteiger partial charge in [-0.25, -0.2) is 9.78 Å². The molecule has 1 aliphatic rings. The zero-order valence-corrected chi connectivity index (χ0v) is 22.6. The Morgan fingerprint density at radius 2 is 1.97 bits per heavy atom. The highest BCUT2D eigenvalue weighted by Crippen LogP contribution is 2.33. The molecule has 5 rings (SSSR count). The number of benzene rings is 2. The number of ether oxygens (including phenoxy) is 1. The average Bonchev–Trinajstić information content (AvgIpc) is 2.92. The van der Waals surface area contributed by atoms with Gasteiger partial charge in [0.25, 0.3) is 5.91 Å². The van der Waals surface area contributed by atoms with Crippen LogP contribution in [0.1, 0.15) is 52.1 Å². The summed E-state index contributed by atoms with van der Waals surface area (Å²) in [6.07, 6.45) is 7.04. The van der Waals surface area contributed by atoms with E-state index in [9.17, 15) is 9.59 Å². The number of halogens is 2. The summed E-state index contributed by atoms with van der Waals surface area (Å²) in [4.78, 5) is 34.9. The summed E-state index contributed by atoms with van der Waals surface area (Å²) in [5.74, 6) is 5.57. The van der Waals surface area contributed by atoms with Gasteiger partial charge < -0.3 is 10.1 Å². The summed E-state index contributed by atoms with van der Waals surface area (Å²) in [6.45, 7) is 0. The van der Waals surface area contributed by atoms with Crippen molar-refractivity contribution in [2.24, 2.45) is 0 Å². The van der Waals surface area contributed by atoms with Gasteiger partial charge >= 0.3 is 5.97 Å². The van der Waals surface area contributed by atoms with Crippen LogP contribution in [-0.4, -0.2) is 33.5 Å². The van der Waals surface area contributed by atoms with E-state index in [0.29, 0.717) is 45.3 Å². The highest BCUT2D eigenvalue weighted by molar-refractivity contribution is 9.10. The minimum absolute atomic E-state index is 0.235. The van der Waals surface area contributed by atoms with Crippen molar-refractivity contribution < 1.29 is 14.3 Å². The number of carbonyl (C=O) groups excluding carboxylic acids is 2. The third-order valence-corrected chi connectivity index (χ3v) is 7.09. The molecular weight excluding hydrogens is 566 g/mol. The van der Waals surface area contributed by atoms with Crippen molar-refractivity contribution in [2.75, 3.05) is 0 Å². The van der Waals surface area contributed by atoms with Crippen LogP contribution in [0.2, 0.25) is 5.02 Å². The van der Waals surface area contributed by atoms with Crippen LogP contribution in [0.5, 0.6) is 0 Å². The summed E-state index contributed by atoms with van der Waals surface area (Å²) in [7, 11) is 0. The molecule has 1 saturated carbocycles. The normalized spacial score (nSPS) is 18.7. The fourth-order valence-electron chi connectivity index (χ4n) is 4.66. The number of pyridine rings is 2. The molecule has 190 valence electrons. The van der Waals surface area contributed by atoms with E-state index in [0.717, 1.165) is 11.8 Å². The lowest BCUT2D eigenvalue weighted by Gasteiger charge is -2.37. The van der Waals surface area contributed by atoms with E-state index in [1.54, 1.807) is 30.6 Å². The first-order valence-electron chi connectivity index (χ1n) is 12.2. The van der Waals surface area contributed by atoms with Crippen molar-refractivity contribution in [3.05, 3.63) is 106 Å². The third-order valence-electron chi connectivity index (χ3n) is 6.43. The quantitative estimate of drug-likeness (QED) is 0.221. The molecule has 1 amide bonds.